The third kappa shape index (κ3) is 3.17. The lowest BCUT2D eigenvalue weighted by molar-refractivity contribution is 0.414. The molecule has 0 unspecified atom stereocenters. The molecule has 2 aromatic carbocycles. The first kappa shape index (κ1) is 15.4. The fourth-order valence-corrected chi connectivity index (χ4v) is 2.04. The minimum Gasteiger partial charge on any atom is -0.497 e. The monoisotopic (exact) mass is 298 g/mol. The van der Waals surface area contributed by atoms with Crippen molar-refractivity contribution in [3.63, 3.8) is 0 Å². The van der Waals surface area contributed by atoms with E-state index in [9.17, 15) is 0 Å². The van der Waals surface area contributed by atoms with Gasteiger partial charge in [0.1, 0.15) is 22.9 Å². The van der Waals surface area contributed by atoms with Crippen LogP contribution in [-0.2, 0) is 0 Å². The molecule has 0 fully saturated rings. The number of hydrogen-bond donors (Lipinski definition) is 2. The molecular weight excluding hydrogens is 280 g/mol. The van der Waals surface area contributed by atoms with Crippen LogP contribution in [0.2, 0.25) is 0 Å². The zero-order valence-electron chi connectivity index (χ0n) is 12.5. The highest BCUT2D eigenvalue weighted by Crippen LogP contribution is 2.17. The second-order valence-electron chi connectivity index (χ2n) is 4.41. The first-order chi connectivity index (χ1) is 10.7. The van der Waals surface area contributed by atoms with Crippen molar-refractivity contribution in [2.45, 2.75) is 0 Å². The van der Waals surface area contributed by atoms with Gasteiger partial charge in [0.25, 0.3) is 0 Å². The Balaban J connectivity index is 2.38. The topological polar surface area (TPSA) is 95.2 Å². The van der Waals surface area contributed by atoms with E-state index in [4.69, 9.17) is 21.2 Å². The quantitative estimate of drug-likeness (QED) is 0.499. The fourth-order valence-electron chi connectivity index (χ4n) is 2.04. The first-order valence-corrected chi connectivity index (χ1v) is 6.58. The number of ether oxygens (including phenoxy) is 2. The van der Waals surface area contributed by atoms with Crippen LogP contribution in [0.1, 0.15) is 11.1 Å². The van der Waals surface area contributed by atoms with Gasteiger partial charge in [-0.1, -0.05) is 0 Å². The van der Waals surface area contributed by atoms with Gasteiger partial charge in [0, 0.05) is 11.1 Å². The summed E-state index contributed by atoms with van der Waals surface area (Å²) in [6.07, 6.45) is 0. The van der Waals surface area contributed by atoms with Crippen molar-refractivity contribution in [1.29, 1.82) is 0 Å². The summed E-state index contributed by atoms with van der Waals surface area (Å²) in [5.74, 6) is 12.6. The van der Waals surface area contributed by atoms with Gasteiger partial charge in [-0.25, -0.2) is 0 Å². The Morgan fingerprint density at radius 3 is 1.23 bits per heavy atom. The maximum absolute atomic E-state index is 5.54. The van der Waals surface area contributed by atoms with Crippen LogP contribution in [0.15, 0.2) is 58.7 Å². The molecule has 2 aromatic rings. The van der Waals surface area contributed by atoms with Gasteiger partial charge in [0.2, 0.25) is 0 Å². The van der Waals surface area contributed by atoms with Crippen molar-refractivity contribution in [2.24, 2.45) is 21.9 Å². The molecule has 0 aliphatic carbocycles. The zero-order valence-corrected chi connectivity index (χ0v) is 12.5. The van der Waals surface area contributed by atoms with Gasteiger partial charge >= 0.3 is 0 Å². The van der Waals surface area contributed by atoms with E-state index < -0.39 is 0 Å². The first-order valence-electron chi connectivity index (χ1n) is 6.58. The third-order valence-corrected chi connectivity index (χ3v) is 3.21. The standard InChI is InChI=1S/C16H18N4O2/c1-21-13-7-3-11(4-8-13)15(19-17)16(20-18)12-5-9-14(22-2)10-6-12/h3-10H,17-18H2,1-2H3/b19-15-,20-16+. The van der Waals surface area contributed by atoms with Crippen molar-refractivity contribution in [3.05, 3.63) is 59.7 Å². The molecule has 0 bridgehead atoms. The van der Waals surface area contributed by atoms with Crippen LogP contribution in [0.5, 0.6) is 11.5 Å². The Labute approximate surface area is 129 Å². The molecule has 0 saturated heterocycles. The van der Waals surface area contributed by atoms with Crippen molar-refractivity contribution in [1.82, 2.24) is 0 Å². The molecule has 0 heterocycles. The lowest BCUT2D eigenvalue weighted by Gasteiger charge is -2.10. The summed E-state index contributed by atoms with van der Waals surface area (Å²) in [6.45, 7) is 0. The summed E-state index contributed by atoms with van der Waals surface area (Å²) >= 11 is 0. The maximum Gasteiger partial charge on any atom is 0.118 e. The summed E-state index contributed by atoms with van der Waals surface area (Å²) in [7, 11) is 3.22. The second-order valence-corrected chi connectivity index (χ2v) is 4.41. The van der Waals surface area contributed by atoms with Gasteiger partial charge in [-0.05, 0) is 48.5 Å². The Kier molecular flexibility index (Phi) is 4.98. The smallest absolute Gasteiger partial charge is 0.118 e. The van der Waals surface area contributed by atoms with Crippen molar-refractivity contribution < 1.29 is 9.47 Å². The molecule has 0 aromatic heterocycles. The van der Waals surface area contributed by atoms with Crippen LogP contribution in [0.4, 0.5) is 0 Å². The average molecular weight is 298 g/mol. The SMILES string of the molecule is COc1ccc(C(=N/N)/C(=N/N)c2ccc(OC)cc2)cc1. The van der Waals surface area contributed by atoms with Crippen LogP contribution < -0.4 is 21.2 Å². The highest BCUT2D eigenvalue weighted by molar-refractivity contribution is 6.53. The highest BCUT2D eigenvalue weighted by atomic mass is 16.5. The van der Waals surface area contributed by atoms with Crippen molar-refractivity contribution in [2.75, 3.05) is 14.2 Å². The fraction of sp³-hybridized carbons (Fsp3) is 0.125. The van der Waals surface area contributed by atoms with Crippen LogP contribution in [-0.4, -0.2) is 25.6 Å². The molecule has 22 heavy (non-hydrogen) atoms. The molecule has 0 amide bonds. The van der Waals surface area contributed by atoms with E-state index >= 15 is 0 Å². The highest BCUT2D eigenvalue weighted by Gasteiger charge is 2.14. The summed E-state index contributed by atoms with van der Waals surface area (Å²) in [6, 6.07) is 14.7. The van der Waals surface area contributed by atoms with Gasteiger partial charge in [-0.3, -0.25) is 0 Å². The minimum atomic E-state index is 0.496. The Morgan fingerprint density at radius 1 is 0.682 bits per heavy atom. The van der Waals surface area contributed by atoms with E-state index in [0.717, 1.165) is 22.6 Å². The molecule has 4 N–H and O–H groups in total. The van der Waals surface area contributed by atoms with Crippen LogP contribution in [0.3, 0.4) is 0 Å². The largest absolute Gasteiger partial charge is 0.497 e. The van der Waals surface area contributed by atoms with E-state index in [1.165, 1.54) is 0 Å². The Morgan fingerprint density at radius 2 is 1.00 bits per heavy atom. The molecule has 0 spiro atoms. The van der Waals surface area contributed by atoms with Gasteiger partial charge in [0.15, 0.2) is 0 Å². The predicted octanol–water partition coefficient (Wildman–Crippen LogP) is 1.73. The predicted molar refractivity (Wildman–Crippen MR) is 87.4 cm³/mol. The molecule has 6 nitrogen and oxygen atoms in total. The second kappa shape index (κ2) is 7.12. The minimum absolute atomic E-state index is 0.496. The third-order valence-electron chi connectivity index (χ3n) is 3.21. The van der Waals surface area contributed by atoms with Gasteiger partial charge in [-0.15, -0.1) is 0 Å². The molecule has 0 aliphatic heterocycles. The number of benzene rings is 2. The number of hydrogen-bond acceptors (Lipinski definition) is 6. The molecule has 0 atom stereocenters. The number of methoxy groups -OCH3 is 2. The molecule has 0 radical (unpaired) electrons. The van der Waals surface area contributed by atoms with E-state index in [2.05, 4.69) is 10.2 Å². The lowest BCUT2D eigenvalue weighted by atomic mass is 9.99. The van der Waals surface area contributed by atoms with Crippen molar-refractivity contribution >= 4 is 11.4 Å². The number of rotatable bonds is 5. The molecule has 6 heteroatoms. The lowest BCUT2D eigenvalue weighted by Crippen LogP contribution is -2.20. The molecule has 2 rings (SSSR count). The maximum atomic E-state index is 5.54. The molecule has 114 valence electrons. The van der Waals surface area contributed by atoms with Crippen LogP contribution in [0.25, 0.3) is 0 Å². The van der Waals surface area contributed by atoms with E-state index in [0.29, 0.717) is 11.4 Å². The summed E-state index contributed by atoms with van der Waals surface area (Å²) < 4.78 is 10.3. The molecule has 0 saturated carbocycles. The Bertz CT molecular complexity index is 615. The Hall–Kier alpha value is -3.02. The van der Waals surface area contributed by atoms with Crippen LogP contribution in [0, 0.1) is 0 Å². The zero-order chi connectivity index (χ0) is 15.9. The van der Waals surface area contributed by atoms with Gasteiger partial charge in [-0.2, -0.15) is 10.2 Å². The van der Waals surface area contributed by atoms with E-state index in [-0.39, 0.29) is 0 Å². The van der Waals surface area contributed by atoms with Crippen molar-refractivity contribution in [3.8, 4) is 11.5 Å². The normalized spacial score (nSPS) is 12.1. The molecular formula is C16H18N4O2. The van der Waals surface area contributed by atoms with Gasteiger partial charge in [0.05, 0.1) is 14.2 Å². The number of hydrazone groups is 2. The summed E-state index contributed by atoms with van der Waals surface area (Å²) in [4.78, 5) is 0. The summed E-state index contributed by atoms with van der Waals surface area (Å²) in [5.41, 5.74) is 2.58. The van der Waals surface area contributed by atoms with E-state index in [1.54, 1.807) is 14.2 Å². The van der Waals surface area contributed by atoms with E-state index in [1.807, 2.05) is 48.5 Å². The van der Waals surface area contributed by atoms with Gasteiger partial charge < -0.3 is 21.2 Å². The summed E-state index contributed by atoms with van der Waals surface area (Å²) in [5, 5.41) is 7.68. The number of nitrogens with two attached hydrogens (primary N) is 2. The average Bonchev–Trinajstić information content (AvgIpc) is 2.60. The molecule has 0 aliphatic rings. The number of nitrogens with zero attached hydrogens (tertiary/aromatic N) is 2. The van der Waals surface area contributed by atoms with Crippen LogP contribution >= 0.6 is 0 Å².